The highest BCUT2D eigenvalue weighted by atomic mass is 79.9. The van der Waals surface area contributed by atoms with Gasteiger partial charge in [-0.1, -0.05) is 73.8 Å². The Morgan fingerprint density at radius 1 is 0.613 bits per heavy atom. The molecule has 1 aliphatic rings. The van der Waals surface area contributed by atoms with E-state index >= 15 is 0 Å². The molecule has 2 nitrogen and oxygen atoms in total. The predicted molar refractivity (Wildman–Crippen MR) is 132 cm³/mol. The first-order valence-corrected chi connectivity index (χ1v) is 11.6. The summed E-state index contributed by atoms with van der Waals surface area (Å²) < 4.78 is 1.99. The molecule has 5 rings (SSSR count). The number of benzene rings is 4. The molecule has 2 N–H and O–H groups in total. The van der Waals surface area contributed by atoms with Crippen molar-refractivity contribution < 1.29 is 10.2 Å². The van der Waals surface area contributed by atoms with E-state index < -0.39 is 5.41 Å². The van der Waals surface area contributed by atoms with Crippen LogP contribution in [-0.2, 0) is 5.41 Å². The molecule has 4 aromatic rings. The number of aromatic hydroxyl groups is 2. The number of rotatable bonds is 2. The Labute approximate surface area is 198 Å². The minimum Gasteiger partial charge on any atom is -0.504 e. The van der Waals surface area contributed by atoms with E-state index in [0.29, 0.717) is 0 Å². The fraction of sp³-hybridized carbons (Fsp3) is 0.111. The predicted octanol–water partition coefficient (Wildman–Crippen LogP) is 7.60. The van der Waals surface area contributed by atoms with Crippen molar-refractivity contribution in [2.45, 2.75) is 19.3 Å². The number of halogens is 2. The van der Waals surface area contributed by atoms with Crippen LogP contribution in [0.5, 0.6) is 11.5 Å². The van der Waals surface area contributed by atoms with Crippen molar-refractivity contribution in [2.75, 3.05) is 0 Å². The van der Waals surface area contributed by atoms with Crippen LogP contribution in [0.4, 0.5) is 0 Å². The summed E-state index contributed by atoms with van der Waals surface area (Å²) in [7, 11) is 0. The van der Waals surface area contributed by atoms with Gasteiger partial charge in [-0.15, -0.1) is 0 Å². The summed E-state index contributed by atoms with van der Waals surface area (Å²) in [6, 6.07) is 24.5. The molecule has 0 saturated carbocycles. The van der Waals surface area contributed by atoms with Gasteiger partial charge in [-0.05, 0) is 89.2 Å². The third-order valence-electron chi connectivity index (χ3n) is 6.27. The first kappa shape index (κ1) is 20.3. The molecular weight excluding hydrogens is 516 g/mol. The number of phenols is 2. The molecule has 0 amide bonds. The zero-order valence-corrected chi connectivity index (χ0v) is 20.3. The smallest absolute Gasteiger partial charge is 0.157 e. The average Bonchev–Trinajstić information content (AvgIpc) is 3.01. The Balaban J connectivity index is 2.03. The van der Waals surface area contributed by atoms with Gasteiger partial charge in [0.1, 0.15) is 0 Å². The maximum Gasteiger partial charge on any atom is 0.157 e. The lowest BCUT2D eigenvalue weighted by atomic mass is 9.66. The minimum absolute atomic E-state index is 0.123. The highest BCUT2D eigenvalue weighted by Crippen LogP contribution is 2.58. The normalized spacial score (nSPS) is 13.7. The van der Waals surface area contributed by atoms with Gasteiger partial charge in [0, 0.05) is 8.95 Å². The topological polar surface area (TPSA) is 40.5 Å². The van der Waals surface area contributed by atoms with Gasteiger partial charge in [0.25, 0.3) is 0 Å². The van der Waals surface area contributed by atoms with E-state index in [4.69, 9.17) is 0 Å². The van der Waals surface area contributed by atoms with Gasteiger partial charge in [0.2, 0.25) is 0 Å². The van der Waals surface area contributed by atoms with Crippen molar-refractivity contribution in [1.82, 2.24) is 0 Å². The van der Waals surface area contributed by atoms with Crippen molar-refractivity contribution in [2.24, 2.45) is 0 Å². The molecule has 0 fully saturated rings. The summed E-state index contributed by atoms with van der Waals surface area (Å²) in [5.74, 6) is -0.246. The SMILES string of the molecule is Cc1ccc(C)c(C2(c3ccc(O)c(O)c3)c3cc(Br)ccc3-c3ccc(Br)cc32)c1. The minimum atomic E-state index is -0.639. The third kappa shape index (κ3) is 2.96. The number of hydrogen-bond acceptors (Lipinski definition) is 2. The van der Waals surface area contributed by atoms with Gasteiger partial charge in [0.05, 0.1) is 5.41 Å². The lowest BCUT2D eigenvalue weighted by molar-refractivity contribution is 0.402. The number of aryl methyl sites for hydroxylation is 2. The largest absolute Gasteiger partial charge is 0.504 e. The van der Waals surface area contributed by atoms with Crippen LogP contribution in [0.15, 0.2) is 81.7 Å². The highest BCUT2D eigenvalue weighted by Gasteiger charge is 2.47. The molecule has 1 aliphatic carbocycles. The van der Waals surface area contributed by atoms with E-state index in [-0.39, 0.29) is 11.5 Å². The first-order chi connectivity index (χ1) is 14.8. The van der Waals surface area contributed by atoms with Gasteiger partial charge in [-0.25, -0.2) is 0 Å². The summed E-state index contributed by atoms with van der Waals surface area (Å²) in [5, 5.41) is 20.5. The van der Waals surface area contributed by atoms with E-state index in [1.54, 1.807) is 12.1 Å². The zero-order chi connectivity index (χ0) is 21.9. The molecule has 0 heterocycles. The second kappa shape index (κ2) is 7.25. The summed E-state index contributed by atoms with van der Waals surface area (Å²) in [6.45, 7) is 4.23. The van der Waals surface area contributed by atoms with Crippen LogP contribution in [0, 0.1) is 13.8 Å². The molecule has 0 radical (unpaired) electrons. The van der Waals surface area contributed by atoms with Gasteiger partial charge < -0.3 is 10.2 Å². The van der Waals surface area contributed by atoms with E-state index in [9.17, 15) is 10.2 Å². The Morgan fingerprint density at radius 2 is 1.23 bits per heavy atom. The summed E-state index contributed by atoms with van der Waals surface area (Å²) >= 11 is 7.36. The van der Waals surface area contributed by atoms with Crippen molar-refractivity contribution in [1.29, 1.82) is 0 Å². The van der Waals surface area contributed by atoms with Crippen LogP contribution in [-0.4, -0.2) is 10.2 Å². The lowest BCUT2D eigenvalue weighted by Gasteiger charge is -2.35. The van der Waals surface area contributed by atoms with Crippen molar-refractivity contribution in [3.63, 3.8) is 0 Å². The Bertz CT molecular complexity index is 1310. The second-order valence-electron chi connectivity index (χ2n) is 8.15. The molecule has 0 aromatic heterocycles. The Morgan fingerprint density at radius 3 is 1.81 bits per heavy atom. The molecule has 0 unspecified atom stereocenters. The van der Waals surface area contributed by atoms with Crippen LogP contribution >= 0.6 is 31.9 Å². The molecule has 0 spiro atoms. The Kier molecular flexibility index (Phi) is 4.76. The Hall–Kier alpha value is -2.56. The number of phenolic OH excluding ortho intramolecular Hbond substituents is 2. The summed E-state index contributed by atoms with van der Waals surface area (Å²) in [6.07, 6.45) is 0. The monoisotopic (exact) mass is 534 g/mol. The zero-order valence-electron chi connectivity index (χ0n) is 17.1. The number of hydrogen-bond donors (Lipinski definition) is 2. The molecule has 0 saturated heterocycles. The van der Waals surface area contributed by atoms with Crippen LogP contribution < -0.4 is 0 Å². The molecule has 0 aliphatic heterocycles. The third-order valence-corrected chi connectivity index (χ3v) is 7.25. The molecular formula is C27H20Br2O2. The average molecular weight is 536 g/mol. The summed E-state index contributed by atoms with van der Waals surface area (Å²) in [4.78, 5) is 0. The van der Waals surface area contributed by atoms with Gasteiger partial charge >= 0.3 is 0 Å². The van der Waals surface area contributed by atoms with Crippen molar-refractivity contribution >= 4 is 31.9 Å². The molecule has 31 heavy (non-hydrogen) atoms. The lowest BCUT2D eigenvalue weighted by Crippen LogP contribution is -2.29. The van der Waals surface area contributed by atoms with Gasteiger partial charge in [0.15, 0.2) is 11.5 Å². The molecule has 0 atom stereocenters. The summed E-state index contributed by atoms with van der Waals surface area (Å²) in [5.41, 5.74) is 8.39. The van der Waals surface area contributed by atoms with E-state index in [1.807, 2.05) is 6.07 Å². The maximum absolute atomic E-state index is 10.5. The highest BCUT2D eigenvalue weighted by molar-refractivity contribution is 9.10. The standard InChI is InChI=1S/C27H20Br2O2/c1-15-3-4-16(2)22(11-15)27(17-5-10-25(30)26(31)12-17)23-13-18(28)6-8-20(23)21-9-7-19(29)14-24(21)27/h3-14,30-31H,1-2H3. The van der Waals surface area contributed by atoms with Gasteiger partial charge in [-0.3, -0.25) is 0 Å². The second-order valence-corrected chi connectivity index (χ2v) is 9.98. The van der Waals surface area contributed by atoms with Crippen molar-refractivity contribution in [3.8, 4) is 22.6 Å². The van der Waals surface area contributed by atoms with E-state index in [2.05, 4.69) is 100 Å². The van der Waals surface area contributed by atoms with Crippen LogP contribution in [0.1, 0.15) is 33.4 Å². The molecule has 0 bridgehead atoms. The first-order valence-electron chi connectivity index (χ1n) is 10.0. The maximum atomic E-state index is 10.5. The fourth-order valence-electron chi connectivity index (χ4n) is 4.92. The van der Waals surface area contributed by atoms with Gasteiger partial charge in [-0.2, -0.15) is 0 Å². The van der Waals surface area contributed by atoms with E-state index in [0.717, 1.165) is 36.8 Å². The van der Waals surface area contributed by atoms with Crippen molar-refractivity contribution in [3.05, 3.63) is 115 Å². The molecule has 154 valence electrons. The van der Waals surface area contributed by atoms with Crippen LogP contribution in [0.2, 0.25) is 0 Å². The number of fused-ring (bicyclic) bond motifs is 3. The van der Waals surface area contributed by atoms with Crippen LogP contribution in [0.3, 0.4) is 0 Å². The molecule has 4 aromatic carbocycles. The van der Waals surface area contributed by atoms with E-state index in [1.165, 1.54) is 16.7 Å². The molecule has 4 heteroatoms. The van der Waals surface area contributed by atoms with Crippen LogP contribution in [0.25, 0.3) is 11.1 Å². The fourth-order valence-corrected chi connectivity index (χ4v) is 5.64. The quantitative estimate of drug-likeness (QED) is 0.228.